The lowest BCUT2D eigenvalue weighted by atomic mass is 10.1. The SMILES string of the molecule is CSCCC(NC(=O)CCn1c(-c2cccc(C)c2)n[nH]c1=S)c1nnc2ccccn12. The van der Waals surface area contributed by atoms with Crippen molar-refractivity contribution in [2.75, 3.05) is 12.0 Å². The second-order valence-corrected chi connectivity index (χ2v) is 8.88. The minimum absolute atomic E-state index is 0.0675. The van der Waals surface area contributed by atoms with Gasteiger partial charge in [-0.2, -0.15) is 16.9 Å². The van der Waals surface area contributed by atoms with Crippen LogP contribution in [0.4, 0.5) is 0 Å². The normalized spacial score (nSPS) is 12.2. The predicted octanol–water partition coefficient (Wildman–Crippen LogP) is 3.96. The maximum atomic E-state index is 12.9. The van der Waals surface area contributed by atoms with Crippen LogP contribution in [0.5, 0.6) is 0 Å². The molecule has 1 atom stereocenters. The zero-order valence-electron chi connectivity index (χ0n) is 18.0. The van der Waals surface area contributed by atoms with Crippen LogP contribution in [0.1, 0.15) is 30.3 Å². The average molecular weight is 468 g/mol. The summed E-state index contributed by atoms with van der Waals surface area (Å²) in [6.45, 7) is 2.46. The van der Waals surface area contributed by atoms with Crippen LogP contribution < -0.4 is 5.32 Å². The summed E-state index contributed by atoms with van der Waals surface area (Å²) >= 11 is 7.14. The molecule has 32 heavy (non-hydrogen) atoms. The average Bonchev–Trinajstić information content (AvgIpc) is 3.38. The topological polar surface area (TPSA) is 92.9 Å². The van der Waals surface area contributed by atoms with Gasteiger partial charge in [0.2, 0.25) is 5.91 Å². The Balaban J connectivity index is 1.49. The molecule has 8 nitrogen and oxygen atoms in total. The summed E-state index contributed by atoms with van der Waals surface area (Å²) in [5, 5.41) is 18.9. The first-order valence-electron chi connectivity index (χ1n) is 10.4. The van der Waals surface area contributed by atoms with E-state index in [1.165, 1.54) is 0 Å². The number of aromatic nitrogens is 6. The number of aromatic amines is 1. The number of hydrogen-bond donors (Lipinski definition) is 2. The molecule has 0 fully saturated rings. The largest absolute Gasteiger partial charge is 0.346 e. The van der Waals surface area contributed by atoms with Gasteiger partial charge in [-0.25, -0.2) is 0 Å². The van der Waals surface area contributed by atoms with Gasteiger partial charge in [0.15, 0.2) is 22.1 Å². The van der Waals surface area contributed by atoms with Gasteiger partial charge in [0.25, 0.3) is 0 Å². The summed E-state index contributed by atoms with van der Waals surface area (Å²) < 4.78 is 4.29. The first-order valence-corrected chi connectivity index (χ1v) is 12.2. The Kier molecular flexibility index (Phi) is 7.01. The minimum Gasteiger partial charge on any atom is -0.346 e. The molecule has 3 aromatic heterocycles. The highest BCUT2D eigenvalue weighted by Crippen LogP contribution is 2.20. The first-order chi connectivity index (χ1) is 15.6. The second-order valence-electron chi connectivity index (χ2n) is 7.51. The lowest BCUT2D eigenvalue weighted by molar-refractivity contribution is -0.122. The Morgan fingerprint density at radius 2 is 2.12 bits per heavy atom. The quantitative estimate of drug-likeness (QED) is 0.362. The van der Waals surface area contributed by atoms with E-state index >= 15 is 0 Å². The summed E-state index contributed by atoms with van der Waals surface area (Å²) in [7, 11) is 0. The molecule has 4 aromatic rings. The van der Waals surface area contributed by atoms with Gasteiger partial charge in [-0.15, -0.1) is 10.2 Å². The molecular formula is C22H25N7OS2. The fourth-order valence-electron chi connectivity index (χ4n) is 3.61. The zero-order valence-corrected chi connectivity index (χ0v) is 19.6. The molecule has 0 saturated heterocycles. The van der Waals surface area contributed by atoms with Crippen molar-refractivity contribution >= 4 is 35.5 Å². The Labute approximate surface area is 195 Å². The summed E-state index contributed by atoms with van der Waals surface area (Å²) in [4.78, 5) is 12.9. The maximum absolute atomic E-state index is 12.9. The first kappa shape index (κ1) is 22.2. The molecule has 0 saturated carbocycles. The van der Waals surface area contributed by atoms with Crippen LogP contribution in [0.3, 0.4) is 0 Å². The van der Waals surface area contributed by atoms with Crippen LogP contribution in [0.2, 0.25) is 0 Å². The number of aryl methyl sites for hydroxylation is 1. The molecule has 0 spiro atoms. The van der Waals surface area contributed by atoms with Crippen molar-refractivity contribution in [2.45, 2.75) is 32.4 Å². The van der Waals surface area contributed by atoms with Crippen LogP contribution in [0.25, 0.3) is 17.0 Å². The third kappa shape index (κ3) is 4.91. The lowest BCUT2D eigenvalue weighted by Crippen LogP contribution is -2.31. The van der Waals surface area contributed by atoms with Gasteiger partial charge in [-0.05, 0) is 55.8 Å². The standard InChI is InChI=1S/C22H25N7OS2/c1-15-6-5-7-16(14-15)20-25-27-22(31)29(20)12-9-19(30)23-17(10-13-32-2)21-26-24-18-8-3-4-11-28(18)21/h3-8,11,14,17H,9-10,12-13H2,1-2H3,(H,23,30)(H,27,31). The zero-order chi connectivity index (χ0) is 22.5. The highest BCUT2D eigenvalue weighted by molar-refractivity contribution is 7.98. The molecule has 1 aromatic carbocycles. The number of thioether (sulfide) groups is 1. The fourth-order valence-corrected chi connectivity index (χ4v) is 4.30. The number of amides is 1. The molecule has 0 radical (unpaired) electrons. The van der Waals surface area contributed by atoms with Crippen molar-refractivity contribution in [1.29, 1.82) is 0 Å². The van der Waals surface area contributed by atoms with Crippen molar-refractivity contribution in [3.05, 3.63) is 64.8 Å². The molecule has 0 aliphatic carbocycles. The summed E-state index contributed by atoms with van der Waals surface area (Å²) in [5.41, 5.74) is 2.86. The van der Waals surface area contributed by atoms with Crippen molar-refractivity contribution < 1.29 is 4.79 Å². The smallest absolute Gasteiger partial charge is 0.222 e. The van der Waals surface area contributed by atoms with E-state index in [2.05, 4.69) is 31.8 Å². The van der Waals surface area contributed by atoms with Gasteiger partial charge in [-0.3, -0.25) is 18.9 Å². The Morgan fingerprint density at radius 3 is 2.94 bits per heavy atom. The Morgan fingerprint density at radius 1 is 1.25 bits per heavy atom. The summed E-state index contributed by atoms with van der Waals surface area (Å²) in [6, 6.07) is 13.6. The molecular weight excluding hydrogens is 442 g/mol. The molecule has 10 heteroatoms. The monoisotopic (exact) mass is 467 g/mol. The number of nitrogens with zero attached hydrogens (tertiary/aromatic N) is 5. The number of fused-ring (bicyclic) bond motifs is 1. The second kappa shape index (κ2) is 10.1. The van der Waals surface area contributed by atoms with Crippen LogP contribution in [0.15, 0.2) is 48.7 Å². The summed E-state index contributed by atoms with van der Waals surface area (Å²) in [6.07, 6.45) is 5.01. The van der Waals surface area contributed by atoms with Crippen LogP contribution in [-0.4, -0.2) is 47.3 Å². The third-order valence-electron chi connectivity index (χ3n) is 5.19. The van der Waals surface area contributed by atoms with E-state index in [9.17, 15) is 4.79 Å². The Bertz CT molecular complexity index is 1280. The molecule has 166 valence electrons. The van der Waals surface area contributed by atoms with E-state index in [0.29, 0.717) is 11.3 Å². The number of carbonyl (C=O) groups excluding carboxylic acids is 1. The van der Waals surface area contributed by atoms with Gasteiger partial charge >= 0.3 is 0 Å². The van der Waals surface area contributed by atoms with Crippen LogP contribution in [0, 0.1) is 11.7 Å². The Hall–Kier alpha value is -2.98. The highest BCUT2D eigenvalue weighted by atomic mass is 32.2. The maximum Gasteiger partial charge on any atom is 0.222 e. The number of hydrogen-bond acceptors (Lipinski definition) is 6. The predicted molar refractivity (Wildman–Crippen MR) is 129 cm³/mol. The number of pyridine rings is 1. The molecule has 3 heterocycles. The van der Waals surface area contributed by atoms with Gasteiger partial charge in [0, 0.05) is 24.7 Å². The van der Waals surface area contributed by atoms with Crippen molar-refractivity contribution in [2.24, 2.45) is 0 Å². The van der Waals surface area contributed by atoms with Crippen molar-refractivity contribution in [3.8, 4) is 11.4 Å². The molecule has 2 N–H and O–H groups in total. The number of H-pyrrole nitrogens is 1. The molecule has 4 rings (SSSR count). The van der Waals surface area contributed by atoms with E-state index in [1.54, 1.807) is 11.8 Å². The van der Waals surface area contributed by atoms with Crippen LogP contribution >= 0.6 is 24.0 Å². The van der Waals surface area contributed by atoms with E-state index in [-0.39, 0.29) is 18.4 Å². The van der Waals surface area contributed by atoms with Gasteiger partial charge in [-0.1, -0.05) is 29.8 Å². The fraction of sp³-hybridized carbons (Fsp3) is 0.318. The van der Waals surface area contributed by atoms with Gasteiger partial charge in [0.05, 0.1) is 6.04 Å². The molecule has 1 amide bonds. The third-order valence-corrected chi connectivity index (χ3v) is 6.15. The number of carbonyl (C=O) groups is 1. The number of nitrogens with one attached hydrogen (secondary N) is 2. The minimum atomic E-state index is -0.221. The van der Waals surface area contributed by atoms with E-state index < -0.39 is 0 Å². The summed E-state index contributed by atoms with van der Waals surface area (Å²) in [5.74, 6) is 2.30. The lowest BCUT2D eigenvalue weighted by Gasteiger charge is -2.17. The molecule has 1 unspecified atom stereocenters. The molecule has 0 bridgehead atoms. The highest BCUT2D eigenvalue weighted by Gasteiger charge is 2.20. The van der Waals surface area contributed by atoms with Crippen molar-refractivity contribution in [1.82, 2.24) is 34.7 Å². The van der Waals surface area contributed by atoms with E-state index in [1.807, 2.05) is 64.7 Å². The van der Waals surface area contributed by atoms with Gasteiger partial charge < -0.3 is 5.32 Å². The number of rotatable bonds is 9. The van der Waals surface area contributed by atoms with Crippen molar-refractivity contribution in [3.63, 3.8) is 0 Å². The van der Waals surface area contributed by atoms with E-state index in [4.69, 9.17) is 12.2 Å². The number of benzene rings is 1. The molecule has 0 aliphatic heterocycles. The van der Waals surface area contributed by atoms with Gasteiger partial charge in [0.1, 0.15) is 0 Å². The molecule has 0 aliphatic rings. The van der Waals surface area contributed by atoms with E-state index in [0.717, 1.165) is 40.6 Å². The van der Waals surface area contributed by atoms with Crippen LogP contribution in [-0.2, 0) is 11.3 Å².